The van der Waals surface area contributed by atoms with Crippen molar-refractivity contribution in [1.29, 1.82) is 0 Å². The molecule has 3 rings (SSSR count). The number of aromatic nitrogens is 2. The van der Waals surface area contributed by atoms with Crippen LogP contribution in [0.25, 0.3) is 10.9 Å². The summed E-state index contributed by atoms with van der Waals surface area (Å²) in [6, 6.07) is 6.22. The molecule has 1 aliphatic rings. The van der Waals surface area contributed by atoms with E-state index in [-0.39, 0.29) is 0 Å². The molecule has 1 aromatic carbocycles. The zero-order chi connectivity index (χ0) is 11.7. The average Bonchev–Trinajstić information content (AvgIpc) is 2.74. The molecule has 1 fully saturated rings. The number of hydrogen-bond acceptors (Lipinski definition) is 2. The van der Waals surface area contributed by atoms with Crippen molar-refractivity contribution in [2.45, 2.75) is 19.4 Å². The summed E-state index contributed by atoms with van der Waals surface area (Å²) in [6.07, 6.45) is 4.68. The molecule has 0 unspecified atom stereocenters. The average molecular weight is 294 g/mol. The van der Waals surface area contributed by atoms with Gasteiger partial charge in [0.2, 0.25) is 0 Å². The number of nitrogens with one attached hydrogen (secondary N) is 1. The highest BCUT2D eigenvalue weighted by atomic mass is 79.9. The molecule has 2 aromatic rings. The van der Waals surface area contributed by atoms with Gasteiger partial charge in [0.05, 0.1) is 0 Å². The lowest BCUT2D eigenvalue weighted by Gasteiger charge is -2.22. The highest BCUT2D eigenvalue weighted by molar-refractivity contribution is 9.10. The number of fused-ring (bicyclic) bond motifs is 1. The number of nitrogens with zero attached hydrogens (tertiary/aromatic N) is 2. The molecule has 2 heterocycles. The van der Waals surface area contributed by atoms with Crippen molar-refractivity contribution in [2.75, 3.05) is 13.1 Å². The summed E-state index contributed by atoms with van der Waals surface area (Å²) in [6.45, 7) is 3.34. The summed E-state index contributed by atoms with van der Waals surface area (Å²) in [5.74, 6) is 0.768. The van der Waals surface area contributed by atoms with E-state index in [1.54, 1.807) is 0 Å². The summed E-state index contributed by atoms with van der Waals surface area (Å²) in [4.78, 5) is 0. The van der Waals surface area contributed by atoms with Crippen LogP contribution in [-0.2, 0) is 6.54 Å². The van der Waals surface area contributed by atoms with E-state index in [1.165, 1.54) is 18.2 Å². The van der Waals surface area contributed by atoms with Crippen LogP contribution in [-0.4, -0.2) is 22.9 Å². The monoisotopic (exact) mass is 293 g/mol. The summed E-state index contributed by atoms with van der Waals surface area (Å²) >= 11 is 3.55. The lowest BCUT2D eigenvalue weighted by molar-refractivity contribution is 0.322. The van der Waals surface area contributed by atoms with Crippen LogP contribution in [0, 0.1) is 5.92 Å². The molecule has 17 heavy (non-hydrogen) atoms. The highest BCUT2D eigenvalue weighted by Gasteiger charge is 2.14. The summed E-state index contributed by atoms with van der Waals surface area (Å²) in [5, 5.41) is 9.27. The Balaban J connectivity index is 1.83. The predicted molar refractivity (Wildman–Crippen MR) is 73.0 cm³/mol. The van der Waals surface area contributed by atoms with Crippen molar-refractivity contribution in [3.05, 3.63) is 28.9 Å². The van der Waals surface area contributed by atoms with Gasteiger partial charge in [0.25, 0.3) is 0 Å². The van der Waals surface area contributed by atoms with Crippen molar-refractivity contribution < 1.29 is 0 Å². The molecule has 0 saturated carbocycles. The Morgan fingerprint density at radius 3 is 2.94 bits per heavy atom. The van der Waals surface area contributed by atoms with Crippen molar-refractivity contribution in [1.82, 2.24) is 15.1 Å². The maximum absolute atomic E-state index is 4.66. The van der Waals surface area contributed by atoms with Gasteiger partial charge >= 0.3 is 0 Å². The van der Waals surface area contributed by atoms with E-state index in [0.717, 1.165) is 35.5 Å². The number of halogens is 1. The Hall–Kier alpha value is -0.870. The third-order valence-corrected chi connectivity index (χ3v) is 4.08. The van der Waals surface area contributed by atoms with Gasteiger partial charge in [0.15, 0.2) is 0 Å². The molecule has 0 amide bonds. The smallest absolute Gasteiger partial charge is 0.106 e. The minimum atomic E-state index is 0.768. The zero-order valence-corrected chi connectivity index (χ0v) is 11.3. The Bertz CT molecular complexity index is 514. The summed E-state index contributed by atoms with van der Waals surface area (Å²) < 4.78 is 3.19. The minimum absolute atomic E-state index is 0.768. The quantitative estimate of drug-likeness (QED) is 0.923. The van der Waals surface area contributed by atoms with Gasteiger partial charge in [0.1, 0.15) is 5.52 Å². The normalized spacial score (nSPS) is 17.7. The topological polar surface area (TPSA) is 29.9 Å². The number of rotatable bonds is 2. The molecule has 0 atom stereocenters. The predicted octanol–water partition coefficient (Wildman–Crippen LogP) is 2.80. The van der Waals surface area contributed by atoms with E-state index in [9.17, 15) is 0 Å². The Morgan fingerprint density at radius 2 is 2.18 bits per heavy atom. The van der Waals surface area contributed by atoms with Crippen molar-refractivity contribution in [2.24, 2.45) is 5.92 Å². The molecule has 1 aliphatic heterocycles. The molecule has 0 spiro atoms. The second kappa shape index (κ2) is 4.78. The number of hydrogen-bond donors (Lipinski definition) is 1. The molecule has 0 aliphatic carbocycles. The highest BCUT2D eigenvalue weighted by Crippen LogP contribution is 2.23. The van der Waals surface area contributed by atoms with Crippen LogP contribution in [0.4, 0.5) is 0 Å². The van der Waals surface area contributed by atoms with Gasteiger partial charge in [-0.25, -0.2) is 0 Å². The largest absolute Gasteiger partial charge is 0.317 e. The number of piperidine rings is 1. The standard InChI is InChI=1S/C13H16BrN3/c14-12-3-1-2-11-9-17(16-13(11)12)8-10-4-6-15-7-5-10/h1-3,9-10,15H,4-8H2. The van der Waals surface area contributed by atoms with Crippen molar-refractivity contribution in [3.8, 4) is 0 Å². The first-order valence-electron chi connectivity index (χ1n) is 6.15. The lowest BCUT2D eigenvalue weighted by Crippen LogP contribution is -2.29. The molecule has 3 nitrogen and oxygen atoms in total. The van der Waals surface area contributed by atoms with Crippen LogP contribution in [0.1, 0.15) is 12.8 Å². The molecule has 90 valence electrons. The second-order valence-electron chi connectivity index (χ2n) is 4.72. The summed E-state index contributed by atoms with van der Waals surface area (Å²) in [5.41, 5.74) is 1.07. The maximum Gasteiger partial charge on any atom is 0.106 e. The van der Waals surface area contributed by atoms with E-state index in [1.807, 2.05) is 6.07 Å². The Kier molecular flexibility index (Phi) is 3.16. The molecule has 0 bridgehead atoms. The van der Waals surface area contributed by atoms with Crippen molar-refractivity contribution >= 4 is 26.8 Å². The van der Waals surface area contributed by atoms with Gasteiger partial charge in [-0.1, -0.05) is 12.1 Å². The lowest BCUT2D eigenvalue weighted by atomic mass is 9.98. The fraction of sp³-hybridized carbons (Fsp3) is 0.462. The third kappa shape index (κ3) is 2.38. The fourth-order valence-corrected chi connectivity index (χ4v) is 2.94. The molecule has 0 radical (unpaired) electrons. The van der Waals surface area contributed by atoms with E-state index in [0.29, 0.717) is 0 Å². The molecule has 4 heteroatoms. The second-order valence-corrected chi connectivity index (χ2v) is 5.58. The van der Waals surface area contributed by atoms with E-state index < -0.39 is 0 Å². The van der Waals surface area contributed by atoms with Gasteiger partial charge in [0, 0.05) is 22.6 Å². The minimum Gasteiger partial charge on any atom is -0.317 e. The fourth-order valence-electron chi connectivity index (χ4n) is 2.48. The van der Waals surface area contributed by atoms with E-state index in [4.69, 9.17) is 0 Å². The van der Waals surface area contributed by atoms with Gasteiger partial charge in [-0.2, -0.15) is 5.10 Å². The van der Waals surface area contributed by atoms with Crippen LogP contribution < -0.4 is 5.32 Å². The van der Waals surface area contributed by atoms with Crippen LogP contribution in [0.15, 0.2) is 28.9 Å². The van der Waals surface area contributed by atoms with Crippen molar-refractivity contribution in [3.63, 3.8) is 0 Å². The first-order valence-corrected chi connectivity index (χ1v) is 6.94. The Morgan fingerprint density at radius 1 is 1.35 bits per heavy atom. The zero-order valence-electron chi connectivity index (χ0n) is 9.69. The first kappa shape index (κ1) is 11.2. The Labute approximate surface area is 109 Å². The van der Waals surface area contributed by atoms with Crippen LogP contribution in [0.5, 0.6) is 0 Å². The first-order chi connectivity index (χ1) is 8.33. The maximum atomic E-state index is 4.66. The molecular formula is C13H16BrN3. The SMILES string of the molecule is Brc1cccc2cn(CC3CCNCC3)nc12. The van der Waals surface area contributed by atoms with Gasteiger partial charge in [-0.15, -0.1) is 0 Å². The molecule has 1 aromatic heterocycles. The van der Waals surface area contributed by atoms with E-state index >= 15 is 0 Å². The van der Waals surface area contributed by atoms with Crippen LogP contribution >= 0.6 is 15.9 Å². The molecular weight excluding hydrogens is 278 g/mol. The van der Waals surface area contributed by atoms with Gasteiger partial charge in [-0.3, -0.25) is 4.68 Å². The molecule has 1 N–H and O–H groups in total. The van der Waals surface area contributed by atoms with Gasteiger partial charge < -0.3 is 5.32 Å². The van der Waals surface area contributed by atoms with Gasteiger partial charge in [-0.05, 0) is 53.8 Å². The molecule has 1 saturated heterocycles. The van der Waals surface area contributed by atoms with Crippen LogP contribution in [0.3, 0.4) is 0 Å². The third-order valence-electron chi connectivity index (χ3n) is 3.44. The van der Waals surface area contributed by atoms with Crippen LogP contribution in [0.2, 0.25) is 0 Å². The van der Waals surface area contributed by atoms with E-state index in [2.05, 4.69) is 49.4 Å². The number of benzene rings is 1. The summed E-state index contributed by atoms with van der Waals surface area (Å²) in [7, 11) is 0.